The Balaban J connectivity index is 1.33. The summed E-state index contributed by atoms with van der Waals surface area (Å²) in [4.78, 5) is 20.4. The Morgan fingerprint density at radius 1 is 1.30 bits per heavy atom. The van der Waals surface area contributed by atoms with E-state index in [1.54, 1.807) is 0 Å². The van der Waals surface area contributed by atoms with E-state index in [4.69, 9.17) is 4.74 Å². The fourth-order valence-corrected chi connectivity index (χ4v) is 3.95. The second-order valence-electron chi connectivity index (χ2n) is 7.24. The van der Waals surface area contributed by atoms with Crippen molar-refractivity contribution >= 4 is 5.91 Å². The first-order valence-electron chi connectivity index (χ1n) is 9.05. The van der Waals surface area contributed by atoms with Gasteiger partial charge in [-0.05, 0) is 43.7 Å². The highest BCUT2D eigenvalue weighted by Gasteiger charge is 2.39. The summed E-state index contributed by atoms with van der Waals surface area (Å²) < 4.78 is 5.98. The lowest BCUT2D eigenvalue weighted by molar-refractivity contribution is -0.143. The second kappa shape index (κ2) is 6.65. The first kappa shape index (κ1) is 15.2. The smallest absolute Gasteiger partial charge is 0.223 e. The van der Waals surface area contributed by atoms with Gasteiger partial charge in [0.1, 0.15) is 0 Å². The number of rotatable bonds is 5. The van der Waals surface area contributed by atoms with Crippen molar-refractivity contribution in [3.05, 3.63) is 24.0 Å². The maximum atomic E-state index is 12.6. The van der Waals surface area contributed by atoms with Gasteiger partial charge < -0.3 is 14.6 Å². The second-order valence-corrected chi connectivity index (χ2v) is 7.24. The Morgan fingerprint density at radius 2 is 2.22 bits per heavy atom. The minimum Gasteiger partial charge on any atom is -0.375 e. The summed E-state index contributed by atoms with van der Waals surface area (Å²) in [5.41, 5.74) is 1.14. The van der Waals surface area contributed by atoms with E-state index in [0.717, 1.165) is 50.7 Å². The Bertz CT molecular complexity index is 526. The highest BCUT2D eigenvalue weighted by Crippen LogP contribution is 2.32. The van der Waals surface area contributed by atoms with Gasteiger partial charge in [0.25, 0.3) is 0 Å². The number of H-pyrrole nitrogens is 1. The van der Waals surface area contributed by atoms with Crippen molar-refractivity contribution in [1.82, 2.24) is 14.8 Å². The molecule has 3 aliphatic rings. The number of aromatic amines is 1. The molecule has 0 radical (unpaired) electrons. The first-order valence-corrected chi connectivity index (χ1v) is 9.05. The molecule has 126 valence electrons. The molecule has 1 aromatic rings. The van der Waals surface area contributed by atoms with Gasteiger partial charge in [-0.1, -0.05) is 0 Å². The summed E-state index contributed by atoms with van der Waals surface area (Å²) in [5.74, 6) is 1.18. The number of aromatic nitrogens is 1. The van der Waals surface area contributed by atoms with Crippen molar-refractivity contribution in [2.24, 2.45) is 5.92 Å². The van der Waals surface area contributed by atoms with Gasteiger partial charge in [0.05, 0.1) is 18.8 Å². The number of aryl methyl sites for hydroxylation is 1. The SMILES string of the molecule is O=C(CCc1ccc[nH]1)N1CC[C@@H]2OCCN(CC3CC3)[C@H]2C1. The highest BCUT2D eigenvalue weighted by molar-refractivity contribution is 5.76. The molecular weight excluding hydrogens is 290 g/mol. The third-order valence-electron chi connectivity index (χ3n) is 5.51. The van der Waals surface area contributed by atoms with Gasteiger partial charge in [-0.15, -0.1) is 0 Å². The van der Waals surface area contributed by atoms with Crippen molar-refractivity contribution in [1.29, 1.82) is 0 Å². The summed E-state index contributed by atoms with van der Waals surface area (Å²) in [7, 11) is 0. The number of hydrogen-bond acceptors (Lipinski definition) is 3. The zero-order valence-corrected chi connectivity index (χ0v) is 13.7. The van der Waals surface area contributed by atoms with Crippen LogP contribution in [0, 0.1) is 5.92 Å². The van der Waals surface area contributed by atoms with Crippen molar-refractivity contribution in [2.75, 3.05) is 32.8 Å². The zero-order valence-electron chi connectivity index (χ0n) is 13.7. The van der Waals surface area contributed by atoms with Crippen LogP contribution < -0.4 is 0 Å². The van der Waals surface area contributed by atoms with E-state index in [-0.39, 0.29) is 5.91 Å². The lowest BCUT2D eigenvalue weighted by Gasteiger charge is -2.47. The molecule has 0 aromatic carbocycles. The lowest BCUT2D eigenvalue weighted by Crippen LogP contribution is -2.61. The number of hydrogen-bond donors (Lipinski definition) is 1. The van der Waals surface area contributed by atoms with Crippen LogP contribution in [0.1, 0.15) is 31.4 Å². The van der Waals surface area contributed by atoms with Crippen LogP contribution in [0.25, 0.3) is 0 Å². The molecule has 3 fully saturated rings. The molecule has 1 aliphatic carbocycles. The van der Waals surface area contributed by atoms with Gasteiger partial charge in [0, 0.05) is 44.5 Å². The number of ether oxygens (including phenoxy) is 1. The molecule has 0 unspecified atom stereocenters. The van der Waals surface area contributed by atoms with Crippen LogP contribution in [0.5, 0.6) is 0 Å². The Labute approximate surface area is 138 Å². The monoisotopic (exact) mass is 317 g/mol. The predicted molar refractivity (Wildman–Crippen MR) is 88.1 cm³/mol. The third kappa shape index (κ3) is 3.61. The van der Waals surface area contributed by atoms with Crippen LogP contribution in [0.4, 0.5) is 0 Å². The topological polar surface area (TPSA) is 48.6 Å². The van der Waals surface area contributed by atoms with Crippen molar-refractivity contribution in [3.8, 4) is 0 Å². The molecule has 2 atom stereocenters. The summed E-state index contributed by atoms with van der Waals surface area (Å²) in [6.45, 7) is 4.79. The number of piperidine rings is 1. The minimum atomic E-state index is 0.287. The number of amides is 1. The van der Waals surface area contributed by atoms with Crippen LogP contribution in [0.15, 0.2) is 18.3 Å². The zero-order chi connectivity index (χ0) is 15.6. The van der Waals surface area contributed by atoms with E-state index in [9.17, 15) is 4.79 Å². The standard InChI is InChI=1S/C18H27N3O2/c22-18(6-5-15-2-1-8-19-15)21-9-7-17-16(13-21)20(10-11-23-17)12-14-3-4-14/h1-2,8,14,16-17,19H,3-7,9-13H2/t16-,17-/m0/s1. The maximum Gasteiger partial charge on any atom is 0.223 e. The summed E-state index contributed by atoms with van der Waals surface area (Å²) in [6, 6.07) is 4.44. The van der Waals surface area contributed by atoms with Crippen molar-refractivity contribution in [3.63, 3.8) is 0 Å². The molecule has 23 heavy (non-hydrogen) atoms. The van der Waals surface area contributed by atoms with Gasteiger partial charge in [0.15, 0.2) is 0 Å². The molecule has 3 heterocycles. The lowest BCUT2D eigenvalue weighted by atomic mass is 9.97. The van der Waals surface area contributed by atoms with Gasteiger partial charge >= 0.3 is 0 Å². The number of carbonyl (C=O) groups is 1. The molecule has 5 heteroatoms. The average Bonchev–Trinajstić information content (AvgIpc) is 3.24. The van der Waals surface area contributed by atoms with E-state index in [2.05, 4.69) is 14.8 Å². The minimum absolute atomic E-state index is 0.287. The molecule has 0 spiro atoms. The predicted octanol–water partition coefficient (Wildman–Crippen LogP) is 1.66. The van der Waals surface area contributed by atoms with Gasteiger partial charge in [-0.2, -0.15) is 0 Å². The van der Waals surface area contributed by atoms with Crippen LogP contribution in [-0.2, 0) is 16.0 Å². The Kier molecular flexibility index (Phi) is 4.40. The number of carbonyl (C=O) groups excluding carboxylic acids is 1. The molecule has 2 saturated heterocycles. The van der Waals surface area contributed by atoms with E-state index in [1.165, 1.54) is 19.4 Å². The third-order valence-corrected chi connectivity index (χ3v) is 5.51. The number of likely N-dealkylation sites (tertiary alicyclic amines) is 1. The molecule has 5 nitrogen and oxygen atoms in total. The average molecular weight is 317 g/mol. The molecule has 1 amide bonds. The molecule has 1 aromatic heterocycles. The first-order chi connectivity index (χ1) is 11.3. The van der Waals surface area contributed by atoms with Gasteiger partial charge in [-0.25, -0.2) is 0 Å². The van der Waals surface area contributed by atoms with Gasteiger partial charge in [-0.3, -0.25) is 9.69 Å². The van der Waals surface area contributed by atoms with Crippen molar-refractivity contribution in [2.45, 2.75) is 44.2 Å². The molecule has 1 N–H and O–H groups in total. The van der Waals surface area contributed by atoms with E-state index in [0.29, 0.717) is 18.6 Å². The molecule has 1 saturated carbocycles. The van der Waals surface area contributed by atoms with Crippen LogP contribution in [0.2, 0.25) is 0 Å². The summed E-state index contributed by atoms with van der Waals surface area (Å²) in [5, 5.41) is 0. The number of fused-ring (bicyclic) bond motifs is 1. The van der Waals surface area contributed by atoms with Crippen LogP contribution in [-0.4, -0.2) is 65.6 Å². The normalized spacial score (nSPS) is 28.6. The largest absolute Gasteiger partial charge is 0.375 e. The van der Waals surface area contributed by atoms with E-state index >= 15 is 0 Å². The molecule has 0 bridgehead atoms. The van der Waals surface area contributed by atoms with Crippen LogP contribution >= 0.6 is 0 Å². The highest BCUT2D eigenvalue weighted by atomic mass is 16.5. The van der Waals surface area contributed by atoms with E-state index < -0.39 is 0 Å². The molecule has 4 rings (SSSR count). The Hall–Kier alpha value is -1.33. The fourth-order valence-electron chi connectivity index (χ4n) is 3.95. The molecular formula is C18H27N3O2. The van der Waals surface area contributed by atoms with Gasteiger partial charge in [0.2, 0.25) is 5.91 Å². The number of morpholine rings is 1. The number of nitrogens with one attached hydrogen (secondary N) is 1. The van der Waals surface area contributed by atoms with Crippen LogP contribution in [0.3, 0.4) is 0 Å². The van der Waals surface area contributed by atoms with E-state index in [1.807, 2.05) is 18.3 Å². The van der Waals surface area contributed by atoms with Crippen molar-refractivity contribution < 1.29 is 9.53 Å². The number of nitrogens with zero attached hydrogens (tertiary/aromatic N) is 2. The maximum absolute atomic E-state index is 12.6. The summed E-state index contributed by atoms with van der Waals surface area (Å²) >= 11 is 0. The quantitative estimate of drug-likeness (QED) is 0.898. The Morgan fingerprint density at radius 3 is 3.00 bits per heavy atom. The summed E-state index contributed by atoms with van der Waals surface area (Å²) in [6.07, 6.45) is 7.40. The molecule has 2 aliphatic heterocycles. The fraction of sp³-hybridized carbons (Fsp3) is 0.722.